The van der Waals surface area contributed by atoms with E-state index in [1.165, 1.54) is 12.1 Å². The maximum absolute atomic E-state index is 13.0. The number of H-pyrrole nitrogens is 1. The molecule has 0 spiro atoms. The van der Waals surface area contributed by atoms with Gasteiger partial charge < -0.3 is 0 Å². The van der Waals surface area contributed by atoms with Gasteiger partial charge >= 0.3 is 0 Å². The summed E-state index contributed by atoms with van der Waals surface area (Å²) in [4.78, 5) is 0.211. The van der Waals surface area contributed by atoms with E-state index in [2.05, 4.69) is 14.9 Å². The lowest BCUT2D eigenvalue weighted by Gasteiger charge is -2.17. The molecule has 3 rings (SSSR count). The average molecular weight is 323 g/mol. The van der Waals surface area contributed by atoms with E-state index in [0.717, 1.165) is 18.4 Å². The Morgan fingerprint density at radius 1 is 1.27 bits per heavy atom. The van der Waals surface area contributed by atoms with Gasteiger partial charge in [-0.3, -0.25) is 5.10 Å². The number of nitrogens with one attached hydrogen (secondary N) is 2. The standard InChI is InChI=1S/C15H18FN3O2S/c1-10-14(11(2)19-18-10)22(20,21)17-9-15(7-8-15)12-3-5-13(16)6-4-12/h3-6,17H,7-9H2,1-2H3,(H,18,19). The molecule has 22 heavy (non-hydrogen) atoms. The van der Waals surface area contributed by atoms with Gasteiger partial charge in [-0.2, -0.15) is 5.10 Å². The first kappa shape index (κ1) is 15.2. The molecule has 0 unspecified atom stereocenters. The lowest BCUT2D eigenvalue weighted by atomic mass is 9.96. The molecule has 2 aromatic rings. The smallest absolute Gasteiger partial charge is 0.244 e. The summed E-state index contributed by atoms with van der Waals surface area (Å²) in [6.07, 6.45) is 1.79. The minimum absolute atomic E-state index is 0.211. The van der Waals surface area contributed by atoms with Crippen molar-refractivity contribution >= 4 is 10.0 Å². The second-order valence-electron chi connectivity index (χ2n) is 5.87. The highest BCUT2D eigenvalue weighted by Gasteiger charge is 2.45. The Balaban J connectivity index is 1.79. The number of benzene rings is 1. The van der Waals surface area contributed by atoms with E-state index < -0.39 is 10.0 Å². The number of aromatic amines is 1. The molecule has 0 saturated heterocycles. The van der Waals surface area contributed by atoms with Crippen LogP contribution in [0.1, 0.15) is 29.8 Å². The Morgan fingerprint density at radius 3 is 2.41 bits per heavy atom. The van der Waals surface area contributed by atoms with Gasteiger partial charge in [-0.25, -0.2) is 17.5 Å². The highest BCUT2D eigenvalue weighted by molar-refractivity contribution is 7.89. The Morgan fingerprint density at radius 2 is 1.91 bits per heavy atom. The van der Waals surface area contributed by atoms with Gasteiger partial charge in [0, 0.05) is 12.0 Å². The summed E-state index contributed by atoms with van der Waals surface area (Å²) >= 11 is 0. The van der Waals surface area contributed by atoms with Gasteiger partial charge in [-0.15, -0.1) is 0 Å². The minimum Gasteiger partial charge on any atom is -0.281 e. The van der Waals surface area contributed by atoms with E-state index >= 15 is 0 Å². The van der Waals surface area contributed by atoms with Crippen LogP contribution in [-0.2, 0) is 15.4 Å². The first-order valence-electron chi connectivity index (χ1n) is 7.11. The quantitative estimate of drug-likeness (QED) is 0.885. The molecule has 0 amide bonds. The summed E-state index contributed by atoms with van der Waals surface area (Å²) in [6.45, 7) is 3.65. The largest absolute Gasteiger partial charge is 0.281 e. The van der Waals surface area contributed by atoms with Gasteiger partial charge in [0.2, 0.25) is 10.0 Å². The molecule has 2 N–H and O–H groups in total. The predicted molar refractivity (Wildman–Crippen MR) is 80.6 cm³/mol. The maximum atomic E-state index is 13.0. The first-order chi connectivity index (χ1) is 10.3. The van der Waals surface area contributed by atoms with Crippen LogP contribution >= 0.6 is 0 Å². The molecule has 1 saturated carbocycles. The molecule has 1 aromatic heterocycles. The number of aryl methyl sites for hydroxylation is 2. The van der Waals surface area contributed by atoms with Crippen molar-refractivity contribution in [3.05, 3.63) is 47.0 Å². The van der Waals surface area contributed by atoms with Gasteiger partial charge in [0.05, 0.1) is 11.4 Å². The van der Waals surface area contributed by atoms with Crippen molar-refractivity contribution in [2.45, 2.75) is 37.0 Å². The second-order valence-corrected chi connectivity index (χ2v) is 7.58. The number of sulfonamides is 1. The highest BCUT2D eigenvalue weighted by Crippen LogP contribution is 2.47. The van der Waals surface area contributed by atoms with Crippen molar-refractivity contribution in [1.82, 2.24) is 14.9 Å². The second kappa shape index (κ2) is 5.17. The third-order valence-electron chi connectivity index (χ3n) is 4.24. The lowest BCUT2D eigenvalue weighted by molar-refractivity contribution is 0.565. The fourth-order valence-corrected chi connectivity index (χ4v) is 4.26. The highest BCUT2D eigenvalue weighted by atomic mass is 32.2. The molecule has 0 bridgehead atoms. The fourth-order valence-electron chi connectivity index (χ4n) is 2.76. The summed E-state index contributed by atoms with van der Waals surface area (Å²) in [5, 5.41) is 6.61. The summed E-state index contributed by atoms with van der Waals surface area (Å²) in [6, 6.07) is 6.28. The zero-order valence-corrected chi connectivity index (χ0v) is 13.3. The Hall–Kier alpha value is -1.73. The van der Waals surface area contributed by atoms with E-state index in [9.17, 15) is 12.8 Å². The average Bonchev–Trinajstić information content (AvgIpc) is 3.18. The summed E-state index contributed by atoms with van der Waals surface area (Å²) in [5.41, 5.74) is 1.73. The molecule has 5 nitrogen and oxygen atoms in total. The number of hydrogen-bond donors (Lipinski definition) is 2. The third-order valence-corrected chi connectivity index (χ3v) is 5.90. The fraction of sp³-hybridized carbons (Fsp3) is 0.400. The molecule has 1 aliphatic rings. The number of halogens is 1. The Kier molecular flexibility index (Phi) is 3.57. The van der Waals surface area contributed by atoms with Crippen molar-refractivity contribution in [1.29, 1.82) is 0 Å². The van der Waals surface area contributed by atoms with Crippen molar-refractivity contribution in [2.75, 3.05) is 6.54 Å². The molecule has 1 fully saturated rings. The molecule has 1 heterocycles. The molecule has 0 atom stereocenters. The van der Waals surface area contributed by atoms with Gasteiger partial charge in [-0.1, -0.05) is 12.1 Å². The molecule has 118 valence electrons. The van der Waals surface area contributed by atoms with Crippen molar-refractivity contribution in [3.8, 4) is 0 Å². The number of hydrogen-bond acceptors (Lipinski definition) is 3. The molecule has 0 aliphatic heterocycles. The molecular weight excluding hydrogens is 305 g/mol. The van der Waals surface area contributed by atoms with E-state index in [1.54, 1.807) is 26.0 Å². The van der Waals surface area contributed by atoms with E-state index in [-0.39, 0.29) is 16.1 Å². The van der Waals surface area contributed by atoms with Crippen LogP contribution in [0.5, 0.6) is 0 Å². The lowest BCUT2D eigenvalue weighted by Crippen LogP contribution is -2.32. The topological polar surface area (TPSA) is 74.8 Å². The van der Waals surface area contributed by atoms with Crippen molar-refractivity contribution in [3.63, 3.8) is 0 Å². The van der Waals surface area contributed by atoms with E-state index in [0.29, 0.717) is 17.9 Å². The maximum Gasteiger partial charge on any atom is 0.244 e. The van der Waals surface area contributed by atoms with Gasteiger partial charge in [-0.05, 0) is 44.4 Å². The van der Waals surface area contributed by atoms with Crippen LogP contribution in [0.25, 0.3) is 0 Å². The summed E-state index contributed by atoms with van der Waals surface area (Å²) in [7, 11) is -3.61. The summed E-state index contributed by atoms with van der Waals surface area (Å²) in [5.74, 6) is -0.287. The van der Waals surface area contributed by atoms with Gasteiger partial charge in [0.25, 0.3) is 0 Å². The van der Waals surface area contributed by atoms with Crippen LogP contribution < -0.4 is 4.72 Å². The zero-order valence-electron chi connectivity index (χ0n) is 12.5. The van der Waals surface area contributed by atoms with Crippen LogP contribution in [0.4, 0.5) is 4.39 Å². The number of nitrogens with zero attached hydrogens (tertiary/aromatic N) is 1. The van der Waals surface area contributed by atoms with Crippen LogP contribution in [0.3, 0.4) is 0 Å². The van der Waals surface area contributed by atoms with Crippen molar-refractivity contribution in [2.24, 2.45) is 0 Å². The number of rotatable bonds is 5. The van der Waals surface area contributed by atoms with E-state index in [1.807, 2.05) is 0 Å². The van der Waals surface area contributed by atoms with Crippen LogP contribution in [-0.4, -0.2) is 25.2 Å². The Labute approximate surface area is 129 Å². The Bertz CT molecular complexity index is 773. The van der Waals surface area contributed by atoms with Crippen LogP contribution in [0, 0.1) is 19.7 Å². The van der Waals surface area contributed by atoms with E-state index in [4.69, 9.17) is 0 Å². The SMILES string of the molecule is Cc1n[nH]c(C)c1S(=O)(=O)NCC1(c2ccc(F)cc2)CC1. The van der Waals surface area contributed by atoms with Crippen LogP contribution in [0.2, 0.25) is 0 Å². The first-order valence-corrected chi connectivity index (χ1v) is 8.60. The number of aromatic nitrogens is 2. The predicted octanol–water partition coefficient (Wildman–Crippen LogP) is 2.18. The van der Waals surface area contributed by atoms with Crippen LogP contribution in [0.15, 0.2) is 29.2 Å². The minimum atomic E-state index is -3.61. The van der Waals surface area contributed by atoms with Gasteiger partial charge in [0.1, 0.15) is 10.7 Å². The normalized spacial score (nSPS) is 16.7. The molecular formula is C15H18FN3O2S. The summed E-state index contributed by atoms with van der Waals surface area (Å²) < 4.78 is 40.6. The van der Waals surface area contributed by atoms with Crippen molar-refractivity contribution < 1.29 is 12.8 Å². The monoisotopic (exact) mass is 323 g/mol. The van der Waals surface area contributed by atoms with Gasteiger partial charge in [0.15, 0.2) is 0 Å². The zero-order chi connectivity index (χ0) is 16.0. The molecule has 7 heteroatoms. The third kappa shape index (κ3) is 2.66. The molecule has 1 aliphatic carbocycles. The molecule has 1 aromatic carbocycles. The molecule has 0 radical (unpaired) electrons.